The van der Waals surface area contributed by atoms with E-state index in [4.69, 9.17) is 4.42 Å². The molecule has 0 bridgehead atoms. The molecule has 1 aromatic rings. The summed E-state index contributed by atoms with van der Waals surface area (Å²) >= 11 is 0. The molecule has 2 heterocycles. The molecule has 1 aliphatic heterocycles. The van der Waals surface area contributed by atoms with Gasteiger partial charge in [-0.3, -0.25) is 10.1 Å². The second-order valence-corrected chi connectivity index (χ2v) is 4.63. The number of carbonyl (C=O) groups excluding carboxylic acids is 1. The summed E-state index contributed by atoms with van der Waals surface area (Å²) < 4.78 is 5.24. The summed E-state index contributed by atoms with van der Waals surface area (Å²) in [4.78, 5) is 13.0. The van der Waals surface area contributed by atoms with Crippen molar-refractivity contribution in [2.75, 3.05) is 13.1 Å². The third-order valence-corrected chi connectivity index (χ3v) is 3.46. The van der Waals surface area contributed by atoms with Crippen molar-refractivity contribution in [1.82, 2.24) is 10.2 Å². The molecule has 0 unspecified atom stereocenters. The number of nitrogens with zero attached hydrogens (tertiary/aromatic N) is 2. The molecule has 0 aromatic carbocycles. The fourth-order valence-electron chi connectivity index (χ4n) is 2.20. The second-order valence-electron chi connectivity index (χ2n) is 4.63. The minimum absolute atomic E-state index is 0.0765. The van der Waals surface area contributed by atoms with E-state index in [0.717, 1.165) is 5.76 Å². The van der Waals surface area contributed by atoms with E-state index < -0.39 is 5.54 Å². The minimum Gasteiger partial charge on any atom is -0.468 e. The maximum Gasteiger partial charge on any atom is 0.219 e. The lowest BCUT2D eigenvalue weighted by molar-refractivity contribution is -0.130. The Hall–Kier alpha value is -1.80. The van der Waals surface area contributed by atoms with Crippen LogP contribution >= 0.6 is 0 Å². The van der Waals surface area contributed by atoms with Crippen molar-refractivity contribution in [1.29, 1.82) is 5.26 Å². The lowest BCUT2D eigenvalue weighted by atomic mass is 9.89. The Kier molecular flexibility index (Phi) is 3.68. The SMILES string of the molecule is CC(=O)N1CCC(C#N)(NCc2ccco2)CC1. The molecule has 0 aliphatic carbocycles. The minimum atomic E-state index is -0.543. The van der Waals surface area contributed by atoms with Crippen LogP contribution < -0.4 is 5.32 Å². The maximum atomic E-state index is 11.3. The van der Waals surface area contributed by atoms with Crippen LogP contribution in [0.2, 0.25) is 0 Å². The zero-order valence-corrected chi connectivity index (χ0v) is 10.5. The number of rotatable bonds is 3. The predicted molar refractivity (Wildman–Crippen MR) is 65.4 cm³/mol. The summed E-state index contributed by atoms with van der Waals surface area (Å²) in [6.07, 6.45) is 2.93. The van der Waals surface area contributed by atoms with Crippen LogP contribution in [0.15, 0.2) is 22.8 Å². The van der Waals surface area contributed by atoms with Crippen LogP contribution in [0.4, 0.5) is 0 Å². The van der Waals surface area contributed by atoms with Crippen LogP contribution in [-0.2, 0) is 11.3 Å². The highest BCUT2D eigenvalue weighted by molar-refractivity contribution is 5.73. The molecule has 1 fully saturated rings. The number of hydrogen-bond acceptors (Lipinski definition) is 4. The maximum absolute atomic E-state index is 11.3. The molecule has 96 valence electrons. The number of hydrogen-bond donors (Lipinski definition) is 1. The van der Waals surface area contributed by atoms with Gasteiger partial charge < -0.3 is 9.32 Å². The molecule has 1 N–H and O–H groups in total. The number of likely N-dealkylation sites (tertiary alicyclic amines) is 1. The van der Waals surface area contributed by atoms with Gasteiger partial charge in [-0.2, -0.15) is 5.26 Å². The van der Waals surface area contributed by atoms with Crippen LogP contribution in [-0.4, -0.2) is 29.4 Å². The van der Waals surface area contributed by atoms with Gasteiger partial charge in [0.25, 0.3) is 0 Å². The molecular formula is C13H17N3O2. The molecule has 5 heteroatoms. The highest BCUT2D eigenvalue weighted by atomic mass is 16.3. The standard InChI is InChI=1S/C13H17N3O2/c1-11(17)16-6-4-13(10-14,5-7-16)15-9-12-3-2-8-18-12/h2-3,8,15H,4-7,9H2,1H3. The summed E-state index contributed by atoms with van der Waals surface area (Å²) in [6.45, 7) is 3.37. The Labute approximate surface area is 106 Å². The number of nitrogens with one attached hydrogen (secondary N) is 1. The molecule has 2 rings (SSSR count). The molecule has 1 amide bonds. The molecular weight excluding hydrogens is 230 g/mol. The predicted octanol–water partition coefficient (Wildman–Crippen LogP) is 1.27. The number of nitriles is 1. The molecule has 1 aromatic heterocycles. The van der Waals surface area contributed by atoms with Gasteiger partial charge in [0.05, 0.1) is 18.9 Å². The summed E-state index contributed by atoms with van der Waals surface area (Å²) in [6, 6.07) is 6.05. The van der Waals surface area contributed by atoms with E-state index in [2.05, 4.69) is 11.4 Å². The third kappa shape index (κ3) is 2.71. The monoisotopic (exact) mass is 247 g/mol. The van der Waals surface area contributed by atoms with Gasteiger partial charge in [0.2, 0.25) is 5.91 Å². The quantitative estimate of drug-likeness (QED) is 0.873. The van der Waals surface area contributed by atoms with Gasteiger partial charge in [-0.1, -0.05) is 0 Å². The second kappa shape index (κ2) is 5.23. The topological polar surface area (TPSA) is 69.3 Å². The van der Waals surface area contributed by atoms with Crippen LogP contribution in [0.5, 0.6) is 0 Å². The lowest BCUT2D eigenvalue weighted by Gasteiger charge is -2.37. The molecule has 1 saturated heterocycles. The van der Waals surface area contributed by atoms with Crippen LogP contribution in [0.1, 0.15) is 25.5 Å². The molecule has 0 radical (unpaired) electrons. The van der Waals surface area contributed by atoms with Gasteiger partial charge in [0.1, 0.15) is 11.3 Å². The summed E-state index contributed by atoms with van der Waals surface area (Å²) in [7, 11) is 0. The summed E-state index contributed by atoms with van der Waals surface area (Å²) in [5, 5.41) is 12.6. The van der Waals surface area contributed by atoms with Crippen LogP contribution in [0.25, 0.3) is 0 Å². The lowest BCUT2D eigenvalue weighted by Crippen LogP contribution is -2.53. The van der Waals surface area contributed by atoms with Crippen molar-refractivity contribution in [3.63, 3.8) is 0 Å². The van der Waals surface area contributed by atoms with E-state index in [1.54, 1.807) is 18.1 Å². The Morgan fingerprint density at radius 3 is 2.83 bits per heavy atom. The first-order valence-electron chi connectivity index (χ1n) is 6.09. The Morgan fingerprint density at radius 2 is 2.33 bits per heavy atom. The molecule has 1 aliphatic rings. The van der Waals surface area contributed by atoms with Crippen molar-refractivity contribution >= 4 is 5.91 Å². The number of piperidine rings is 1. The van der Waals surface area contributed by atoms with Crippen molar-refractivity contribution in [2.24, 2.45) is 0 Å². The smallest absolute Gasteiger partial charge is 0.219 e. The summed E-state index contributed by atoms with van der Waals surface area (Å²) in [5.41, 5.74) is -0.543. The van der Waals surface area contributed by atoms with E-state index >= 15 is 0 Å². The molecule has 0 atom stereocenters. The molecule has 0 spiro atoms. The molecule has 0 saturated carbocycles. The van der Waals surface area contributed by atoms with E-state index in [-0.39, 0.29) is 5.91 Å². The van der Waals surface area contributed by atoms with E-state index in [9.17, 15) is 10.1 Å². The van der Waals surface area contributed by atoms with E-state index in [0.29, 0.717) is 32.5 Å². The van der Waals surface area contributed by atoms with E-state index in [1.165, 1.54) is 0 Å². The van der Waals surface area contributed by atoms with Crippen LogP contribution in [0.3, 0.4) is 0 Å². The number of furan rings is 1. The highest BCUT2D eigenvalue weighted by Gasteiger charge is 2.35. The average molecular weight is 247 g/mol. The van der Waals surface area contributed by atoms with Crippen molar-refractivity contribution in [3.8, 4) is 6.07 Å². The molecule has 18 heavy (non-hydrogen) atoms. The first-order valence-corrected chi connectivity index (χ1v) is 6.09. The normalized spacial score (nSPS) is 18.3. The van der Waals surface area contributed by atoms with Gasteiger partial charge in [0, 0.05) is 20.0 Å². The van der Waals surface area contributed by atoms with Gasteiger partial charge in [-0.05, 0) is 25.0 Å². The Balaban J connectivity index is 1.92. The van der Waals surface area contributed by atoms with E-state index in [1.807, 2.05) is 12.1 Å². The first kappa shape index (κ1) is 12.7. The average Bonchev–Trinajstić information content (AvgIpc) is 2.90. The van der Waals surface area contributed by atoms with Crippen molar-refractivity contribution in [3.05, 3.63) is 24.2 Å². The van der Waals surface area contributed by atoms with Crippen molar-refractivity contribution < 1.29 is 9.21 Å². The summed E-state index contributed by atoms with van der Waals surface area (Å²) in [5.74, 6) is 0.895. The van der Waals surface area contributed by atoms with Gasteiger partial charge in [-0.15, -0.1) is 0 Å². The third-order valence-electron chi connectivity index (χ3n) is 3.46. The zero-order chi connectivity index (χ0) is 13.0. The number of amides is 1. The van der Waals surface area contributed by atoms with Crippen molar-refractivity contribution in [2.45, 2.75) is 31.8 Å². The Bertz CT molecular complexity index is 439. The van der Waals surface area contributed by atoms with Gasteiger partial charge in [-0.25, -0.2) is 0 Å². The van der Waals surface area contributed by atoms with Gasteiger partial charge in [0.15, 0.2) is 0 Å². The zero-order valence-electron chi connectivity index (χ0n) is 10.5. The Morgan fingerprint density at radius 1 is 1.61 bits per heavy atom. The largest absolute Gasteiger partial charge is 0.468 e. The fourth-order valence-corrected chi connectivity index (χ4v) is 2.20. The number of carbonyl (C=O) groups is 1. The van der Waals surface area contributed by atoms with Gasteiger partial charge >= 0.3 is 0 Å². The first-order chi connectivity index (χ1) is 8.65. The molecule has 5 nitrogen and oxygen atoms in total. The highest BCUT2D eigenvalue weighted by Crippen LogP contribution is 2.22. The fraction of sp³-hybridized carbons (Fsp3) is 0.538. The van der Waals surface area contributed by atoms with Crippen LogP contribution in [0, 0.1) is 11.3 Å².